The summed E-state index contributed by atoms with van der Waals surface area (Å²) in [5.74, 6) is -0.380. The molecule has 0 saturated heterocycles. The van der Waals surface area contributed by atoms with Crippen LogP contribution in [0.4, 0.5) is 5.69 Å². The number of para-hydroxylation sites is 2. The summed E-state index contributed by atoms with van der Waals surface area (Å²) < 4.78 is 5.24. The van der Waals surface area contributed by atoms with E-state index in [0.29, 0.717) is 17.0 Å². The van der Waals surface area contributed by atoms with Crippen molar-refractivity contribution in [2.24, 2.45) is 0 Å². The van der Waals surface area contributed by atoms with E-state index in [1.807, 2.05) is 6.07 Å². The van der Waals surface area contributed by atoms with Crippen molar-refractivity contribution >= 4 is 17.5 Å². The van der Waals surface area contributed by atoms with Crippen molar-refractivity contribution in [1.29, 1.82) is 0 Å². The van der Waals surface area contributed by atoms with Gasteiger partial charge in [-0.25, -0.2) is 0 Å². The molecule has 4 N–H and O–H groups in total. The van der Waals surface area contributed by atoms with Gasteiger partial charge >= 0.3 is 0 Å². The van der Waals surface area contributed by atoms with Gasteiger partial charge in [-0.1, -0.05) is 30.3 Å². The van der Waals surface area contributed by atoms with Crippen molar-refractivity contribution in [1.82, 2.24) is 10.9 Å². The molecular formula is C15H15N3O3. The number of rotatable bonds is 4. The van der Waals surface area contributed by atoms with E-state index in [1.54, 1.807) is 48.5 Å². The van der Waals surface area contributed by atoms with Crippen molar-refractivity contribution in [3.05, 3.63) is 60.2 Å². The molecule has 0 heterocycles. The van der Waals surface area contributed by atoms with Gasteiger partial charge in [0.1, 0.15) is 5.75 Å². The highest BCUT2D eigenvalue weighted by Crippen LogP contribution is 2.09. The molecule has 21 heavy (non-hydrogen) atoms. The molecule has 0 aromatic heterocycles. The maximum absolute atomic E-state index is 11.8. The van der Waals surface area contributed by atoms with Gasteiger partial charge in [0, 0.05) is 5.69 Å². The zero-order valence-corrected chi connectivity index (χ0v) is 11.2. The molecule has 2 aromatic rings. The van der Waals surface area contributed by atoms with Crippen LogP contribution in [0.2, 0.25) is 0 Å². The molecule has 2 aromatic carbocycles. The average Bonchev–Trinajstić information content (AvgIpc) is 2.52. The lowest BCUT2D eigenvalue weighted by atomic mass is 10.2. The summed E-state index contributed by atoms with van der Waals surface area (Å²) in [4.78, 5) is 23.4. The van der Waals surface area contributed by atoms with Crippen molar-refractivity contribution in [3.63, 3.8) is 0 Å². The third-order valence-corrected chi connectivity index (χ3v) is 2.63. The van der Waals surface area contributed by atoms with Crippen molar-refractivity contribution in [2.75, 3.05) is 12.3 Å². The molecule has 6 nitrogen and oxygen atoms in total. The van der Waals surface area contributed by atoms with Crippen LogP contribution in [0.1, 0.15) is 10.4 Å². The fourth-order valence-corrected chi connectivity index (χ4v) is 1.60. The molecular weight excluding hydrogens is 270 g/mol. The zero-order valence-electron chi connectivity index (χ0n) is 11.2. The number of amides is 2. The smallest absolute Gasteiger partial charge is 0.276 e. The van der Waals surface area contributed by atoms with Gasteiger partial charge in [-0.05, 0) is 24.3 Å². The van der Waals surface area contributed by atoms with Gasteiger partial charge in [-0.15, -0.1) is 0 Å². The van der Waals surface area contributed by atoms with Gasteiger partial charge < -0.3 is 10.5 Å². The van der Waals surface area contributed by atoms with Gasteiger partial charge in [0.15, 0.2) is 6.61 Å². The summed E-state index contributed by atoms with van der Waals surface area (Å²) in [7, 11) is 0. The number of hydrazine groups is 1. The number of nitrogen functional groups attached to an aromatic ring is 1. The summed E-state index contributed by atoms with van der Waals surface area (Å²) in [6, 6.07) is 15.5. The highest BCUT2D eigenvalue weighted by molar-refractivity contribution is 5.99. The Bertz CT molecular complexity index is 629. The minimum absolute atomic E-state index is 0.200. The fraction of sp³-hybridized carbons (Fsp3) is 0.0667. The number of carbonyl (C=O) groups is 2. The summed E-state index contributed by atoms with van der Waals surface area (Å²) >= 11 is 0. The normalized spacial score (nSPS) is 9.71. The van der Waals surface area contributed by atoms with E-state index in [0.717, 1.165) is 0 Å². The van der Waals surface area contributed by atoms with E-state index in [9.17, 15) is 9.59 Å². The first-order chi connectivity index (χ1) is 10.2. The van der Waals surface area contributed by atoms with Crippen LogP contribution >= 0.6 is 0 Å². The summed E-state index contributed by atoms with van der Waals surface area (Å²) in [5.41, 5.74) is 10.8. The Morgan fingerprint density at radius 1 is 0.952 bits per heavy atom. The van der Waals surface area contributed by atoms with Gasteiger partial charge in [-0.3, -0.25) is 20.4 Å². The predicted molar refractivity (Wildman–Crippen MR) is 78.4 cm³/mol. The minimum atomic E-state index is -0.485. The van der Waals surface area contributed by atoms with Crippen molar-refractivity contribution < 1.29 is 14.3 Å². The van der Waals surface area contributed by atoms with E-state index < -0.39 is 11.8 Å². The number of hydrogen-bond acceptors (Lipinski definition) is 4. The van der Waals surface area contributed by atoms with Crippen molar-refractivity contribution in [3.8, 4) is 5.75 Å². The number of nitrogens with two attached hydrogens (primary N) is 1. The molecule has 0 aliphatic heterocycles. The number of anilines is 1. The molecule has 6 heteroatoms. The Labute approximate surface area is 121 Å². The number of benzene rings is 2. The molecule has 0 aliphatic rings. The average molecular weight is 285 g/mol. The Morgan fingerprint density at radius 3 is 2.33 bits per heavy atom. The Balaban J connectivity index is 1.79. The molecule has 0 aliphatic carbocycles. The Kier molecular flexibility index (Phi) is 4.76. The number of carbonyl (C=O) groups excluding carboxylic acids is 2. The van der Waals surface area contributed by atoms with Crippen LogP contribution in [0.3, 0.4) is 0 Å². The second kappa shape index (κ2) is 6.95. The highest BCUT2D eigenvalue weighted by atomic mass is 16.5. The number of nitrogens with one attached hydrogen (secondary N) is 2. The van der Waals surface area contributed by atoms with E-state index in [-0.39, 0.29) is 6.61 Å². The van der Waals surface area contributed by atoms with Crippen LogP contribution in [0.25, 0.3) is 0 Å². The van der Waals surface area contributed by atoms with Crippen LogP contribution in [0, 0.1) is 0 Å². The maximum Gasteiger partial charge on any atom is 0.276 e. The SMILES string of the molecule is Nc1ccccc1C(=O)NNC(=O)COc1ccccc1. The third-order valence-electron chi connectivity index (χ3n) is 2.63. The van der Waals surface area contributed by atoms with Crippen LogP contribution in [-0.2, 0) is 4.79 Å². The van der Waals surface area contributed by atoms with Crippen LogP contribution in [0.5, 0.6) is 5.75 Å². The zero-order chi connectivity index (χ0) is 15.1. The Morgan fingerprint density at radius 2 is 1.62 bits per heavy atom. The molecule has 0 saturated carbocycles. The highest BCUT2D eigenvalue weighted by Gasteiger charge is 2.10. The first-order valence-corrected chi connectivity index (χ1v) is 6.28. The first-order valence-electron chi connectivity index (χ1n) is 6.28. The first kappa shape index (κ1) is 14.4. The minimum Gasteiger partial charge on any atom is -0.484 e. The molecule has 0 fully saturated rings. The van der Waals surface area contributed by atoms with Crippen LogP contribution in [-0.4, -0.2) is 18.4 Å². The molecule has 0 spiro atoms. The lowest BCUT2D eigenvalue weighted by molar-refractivity contribution is -0.123. The van der Waals surface area contributed by atoms with E-state index >= 15 is 0 Å². The molecule has 2 rings (SSSR count). The summed E-state index contributed by atoms with van der Waals surface area (Å²) in [5, 5.41) is 0. The molecule has 0 bridgehead atoms. The monoisotopic (exact) mass is 285 g/mol. The molecule has 0 atom stereocenters. The van der Waals surface area contributed by atoms with E-state index in [4.69, 9.17) is 10.5 Å². The van der Waals surface area contributed by atoms with E-state index in [2.05, 4.69) is 10.9 Å². The largest absolute Gasteiger partial charge is 0.484 e. The maximum atomic E-state index is 11.8. The van der Waals surface area contributed by atoms with Gasteiger partial charge in [0.25, 0.3) is 11.8 Å². The molecule has 0 unspecified atom stereocenters. The summed E-state index contributed by atoms with van der Waals surface area (Å²) in [6.45, 7) is -0.200. The fourth-order valence-electron chi connectivity index (χ4n) is 1.60. The Hall–Kier alpha value is -3.02. The van der Waals surface area contributed by atoms with Gasteiger partial charge in [0.05, 0.1) is 5.56 Å². The predicted octanol–water partition coefficient (Wildman–Crippen LogP) is 1.11. The topological polar surface area (TPSA) is 93.5 Å². The quantitative estimate of drug-likeness (QED) is 0.579. The van der Waals surface area contributed by atoms with Crippen LogP contribution in [0.15, 0.2) is 54.6 Å². The standard InChI is InChI=1S/C15H15N3O3/c16-13-9-5-4-8-12(13)15(20)18-17-14(19)10-21-11-6-2-1-3-7-11/h1-9H,10,16H2,(H,17,19)(H,18,20). The lowest BCUT2D eigenvalue weighted by Gasteiger charge is -2.09. The van der Waals surface area contributed by atoms with Gasteiger partial charge in [-0.2, -0.15) is 0 Å². The number of hydrogen-bond donors (Lipinski definition) is 3. The number of ether oxygens (including phenoxy) is 1. The van der Waals surface area contributed by atoms with Gasteiger partial charge in [0.2, 0.25) is 0 Å². The van der Waals surface area contributed by atoms with Crippen molar-refractivity contribution in [2.45, 2.75) is 0 Å². The molecule has 0 radical (unpaired) electrons. The third kappa shape index (κ3) is 4.24. The van der Waals surface area contributed by atoms with E-state index in [1.165, 1.54) is 0 Å². The second-order valence-electron chi connectivity index (χ2n) is 4.19. The lowest BCUT2D eigenvalue weighted by Crippen LogP contribution is -2.44. The summed E-state index contributed by atoms with van der Waals surface area (Å²) in [6.07, 6.45) is 0. The van der Waals surface area contributed by atoms with Crippen LogP contribution < -0.4 is 21.3 Å². The molecule has 2 amide bonds. The second-order valence-corrected chi connectivity index (χ2v) is 4.19. The molecule has 108 valence electrons.